The summed E-state index contributed by atoms with van der Waals surface area (Å²) in [6, 6.07) is 66.3. The minimum absolute atomic E-state index is 0.0871. The average Bonchev–Trinajstić information content (AvgIpc) is 3.21. The van der Waals surface area contributed by atoms with E-state index >= 15 is 0 Å². The van der Waals surface area contributed by atoms with Gasteiger partial charge in [0, 0.05) is 0 Å². The topological polar surface area (TPSA) is 0 Å². The maximum absolute atomic E-state index is 2.45. The lowest BCUT2D eigenvalue weighted by Gasteiger charge is -2.22. The molecule has 0 aliphatic heterocycles. The second kappa shape index (κ2) is 11.5. The van der Waals surface area contributed by atoms with Crippen LogP contribution in [0, 0.1) is 0 Å². The number of benzene rings is 11. The fourth-order valence-corrected chi connectivity index (χ4v) is 9.16. The van der Waals surface area contributed by atoms with Gasteiger partial charge in [-0.3, -0.25) is 0 Å². The monoisotopic (exact) mass is 686 g/mol. The summed E-state index contributed by atoms with van der Waals surface area (Å²) in [5.41, 5.74) is 8.98. The van der Waals surface area contributed by atoms with Crippen molar-refractivity contribution in [3.05, 3.63) is 181 Å². The Kier molecular flexibility index (Phi) is 6.61. The molecule has 0 aliphatic rings. The predicted molar refractivity (Wildman–Crippen MR) is 235 cm³/mol. The molecular formula is C54H38. The summed E-state index contributed by atoms with van der Waals surface area (Å²) >= 11 is 0. The Morgan fingerprint density at radius 3 is 1.72 bits per heavy atom. The lowest BCUT2D eigenvalue weighted by Crippen LogP contribution is -2.10. The molecule has 0 spiro atoms. The highest BCUT2D eigenvalue weighted by molar-refractivity contribution is 6.26. The van der Waals surface area contributed by atoms with Crippen molar-refractivity contribution in [2.45, 2.75) is 26.2 Å². The molecule has 0 heterocycles. The van der Waals surface area contributed by atoms with Crippen LogP contribution in [-0.2, 0) is 5.41 Å². The van der Waals surface area contributed by atoms with Crippen molar-refractivity contribution >= 4 is 75.4 Å². The van der Waals surface area contributed by atoms with Crippen LogP contribution in [0.5, 0.6) is 0 Å². The van der Waals surface area contributed by atoms with E-state index < -0.39 is 0 Å². The number of fused-ring (bicyclic) bond motifs is 5. The molecule has 11 aromatic carbocycles. The molecule has 0 aliphatic carbocycles. The third-order valence-corrected chi connectivity index (χ3v) is 11.9. The molecule has 254 valence electrons. The average molecular weight is 687 g/mol. The van der Waals surface area contributed by atoms with Crippen molar-refractivity contribution in [3.8, 4) is 33.4 Å². The SMILES string of the molecule is CC(C)(C)c1cc2ccc3ccc(-c4ccc5cc(-c6cc7ccccc7c7ccccc67)cc(-c6cccc7ccccc67)c5c4)c4ccc(c1)c2c34. The van der Waals surface area contributed by atoms with Gasteiger partial charge < -0.3 is 0 Å². The molecule has 0 fully saturated rings. The molecule has 0 saturated heterocycles. The van der Waals surface area contributed by atoms with Gasteiger partial charge in [0.2, 0.25) is 0 Å². The van der Waals surface area contributed by atoms with Crippen LogP contribution in [0.3, 0.4) is 0 Å². The van der Waals surface area contributed by atoms with Crippen molar-refractivity contribution in [1.82, 2.24) is 0 Å². The Bertz CT molecular complexity index is 3270. The van der Waals surface area contributed by atoms with Gasteiger partial charge in [-0.05, 0) is 144 Å². The minimum Gasteiger partial charge on any atom is -0.0616 e. The predicted octanol–water partition coefficient (Wildman–Crippen LogP) is 15.5. The lowest BCUT2D eigenvalue weighted by molar-refractivity contribution is 0.591. The highest BCUT2D eigenvalue weighted by atomic mass is 14.2. The summed E-state index contributed by atoms with van der Waals surface area (Å²) in [6.45, 7) is 6.91. The van der Waals surface area contributed by atoms with Crippen LogP contribution in [0.25, 0.3) is 109 Å². The van der Waals surface area contributed by atoms with Crippen molar-refractivity contribution in [3.63, 3.8) is 0 Å². The summed E-state index contributed by atoms with van der Waals surface area (Å²) in [5.74, 6) is 0. The first-order chi connectivity index (χ1) is 26.4. The van der Waals surface area contributed by atoms with E-state index in [-0.39, 0.29) is 5.41 Å². The third-order valence-electron chi connectivity index (χ3n) is 11.9. The van der Waals surface area contributed by atoms with E-state index in [0.717, 1.165) is 0 Å². The van der Waals surface area contributed by atoms with E-state index in [4.69, 9.17) is 0 Å². The van der Waals surface area contributed by atoms with E-state index in [1.807, 2.05) is 0 Å². The molecule has 54 heavy (non-hydrogen) atoms. The molecule has 0 bridgehead atoms. The number of hydrogen-bond donors (Lipinski definition) is 0. The Morgan fingerprint density at radius 2 is 0.907 bits per heavy atom. The standard InChI is InChI=1S/C54H38/c1-54(2,3)41-28-38-22-19-34-23-25-44(48-26-24-39(29-41)52(38)53(34)48)37-21-20-36-27-40(50-30-35-12-5-7-15-43(35)45-16-8-9-17-47(45)50)32-51(49(36)31-37)46-18-10-13-33-11-4-6-14-42(33)46/h4-32H,1-3H3. The van der Waals surface area contributed by atoms with Crippen LogP contribution in [-0.4, -0.2) is 0 Å². The molecule has 11 rings (SSSR count). The van der Waals surface area contributed by atoms with Crippen molar-refractivity contribution < 1.29 is 0 Å². The summed E-state index contributed by atoms with van der Waals surface area (Å²) in [4.78, 5) is 0. The molecule has 0 amide bonds. The van der Waals surface area contributed by atoms with Gasteiger partial charge in [0.15, 0.2) is 0 Å². The highest BCUT2D eigenvalue weighted by Gasteiger charge is 2.19. The van der Waals surface area contributed by atoms with Crippen molar-refractivity contribution in [2.24, 2.45) is 0 Å². The Labute approximate surface area is 315 Å². The second-order valence-electron chi connectivity index (χ2n) is 16.1. The number of hydrogen-bond acceptors (Lipinski definition) is 0. The van der Waals surface area contributed by atoms with Gasteiger partial charge in [-0.1, -0.05) is 172 Å². The first-order valence-electron chi connectivity index (χ1n) is 19.1. The normalized spacial score (nSPS) is 12.4. The zero-order chi connectivity index (χ0) is 36.1. The van der Waals surface area contributed by atoms with Gasteiger partial charge >= 0.3 is 0 Å². The fraction of sp³-hybridized carbons (Fsp3) is 0.0741. The number of rotatable bonds is 3. The van der Waals surface area contributed by atoms with Gasteiger partial charge in [0.05, 0.1) is 0 Å². The highest BCUT2D eigenvalue weighted by Crippen LogP contribution is 2.45. The van der Waals surface area contributed by atoms with Crippen molar-refractivity contribution in [2.75, 3.05) is 0 Å². The maximum Gasteiger partial charge on any atom is -0.00206 e. The molecule has 0 radical (unpaired) electrons. The third kappa shape index (κ3) is 4.70. The fourth-order valence-electron chi connectivity index (χ4n) is 9.16. The van der Waals surface area contributed by atoms with E-state index in [2.05, 4.69) is 197 Å². The molecule has 0 saturated carbocycles. The molecule has 11 aromatic rings. The van der Waals surface area contributed by atoms with Gasteiger partial charge in [0.25, 0.3) is 0 Å². The molecular weight excluding hydrogens is 649 g/mol. The molecule has 0 atom stereocenters. The van der Waals surface area contributed by atoms with Gasteiger partial charge in [-0.2, -0.15) is 0 Å². The molecule has 0 heteroatoms. The first kappa shape index (κ1) is 31.1. The molecule has 0 N–H and O–H groups in total. The Balaban J connectivity index is 1.18. The van der Waals surface area contributed by atoms with E-state index in [1.165, 1.54) is 114 Å². The van der Waals surface area contributed by atoms with Crippen LogP contribution >= 0.6 is 0 Å². The zero-order valence-electron chi connectivity index (χ0n) is 30.7. The van der Waals surface area contributed by atoms with Gasteiger partial charge in [-0.15, -0.1) is 0 Å². The smallest absolute Gasteiger partial charge is 0.00206 e. The van der Waals surface area contributed by atoms with E-state index in [9.17, 15) is 0 Å². The Hall–Kier alpha value is -6.50. The first-order valence-corrected chi connectivity index (χ1v) is 19.1. The molecule has 0 unspecified atom stereocenters. The molecule has 0 nitrogen and oxygen atoms in total. The van der Waals surface area contributed by atoms with Crippen LogP contribution in [0.1, 0.15) is 26.3 Å². The zero-order valence-corrected chi connectivity index (χ0v) is 30.7. The Morgan fingerprint density at radius 1 is 0.278 bits per heavy atom. The maximum atomic E-state index is 2.45. The summed E-state index contributed by atoms with van der Waals surface area (Å²) in [7, 11) is 0. The van der Waals surface area contributed by atoms with Gasteiger partial charge in [0.1, 0.15) is 0 Å². The van der Waals surface area contributed by atoms with Crippen LogP contribution in [0.4, 0.5) is 0 Å². The molecule has 0 aromatic heterocycles. The van der Waals surface area contributed by atoms with Crippen molar-refractivity contribution in [1.29, 1.82) is 0 Å². The summed E-state index contributed by atoms with van der Waals surface area (Å²) < 4.78 is 0. The van der Waals surface area contributed by atoms with Gasteiger partial charge in [-0.25, -0.2) is 0 Å². The second-order valence-corrected chi connectivity index (χ2v) is 16.1. The van der Waals surface area contributed by atoms with E-state index in [0.29, 0.717) is 0 Å². The minimum atomic E-state index is 0.0871. The van der Waals surface area contributed by atoms with Crippen LogP contribution in [0.15, 0.2) is 176 Å². The summed E-state index contributed by atoms with van der Waals surface area (Å²) in [6.07, 6.45) is 0. The lowest BCUT2D eigenvalue weighted by atomic mass is 9.82. The quantitative estimate of drug-likeness (QED) is 0.162. The van der Waals surface area contributed by atoms with E-state index in [1.54, 1.807) is 0 Å². The van der Waals surface area contributed by atoms with Crippen LogP contribution < -0.4 is 0 Å². The largest absolute Gasteiger partial charge is 0.0616 e. The summed E-state index contributed by atoms with van der Waals surface area (Å²) in [5, 5.41) is 18.1. The van der Waals surface area contributed by atoms with Crippen LogP contribution in [0.2, 0.25) is 0 Å².